The van der Waals surface area contributed by atoms with Gasteiger partial charge in [0.25, 0.3) is 0 Å². The van der Waals surface area contributed by atoms with E-state index in [-0.39, 0.29) is 0 Å². The Morgan fingerprint density at radius 2 is 1.48 bits per heavy atom. The molecule has 0 aliphatic carbocycles. The molecule has 31 heavy (non-hydrogen) atoms. The summed E-state index contributed by atoms with van der Waals surface area (Å²) in [6.07, 6.45) is 8.04. The fourth-order valence-electron chi connectivity index (χ4n) is 4.38. The molecule has 0 spiro atoms. The normalized spacial score (nSPS) is 17.9. The van der Waals surface area contributed by atoms with Gasteiger partial charge in [0.15, 0.2) is 0 Å². The summed E-state index contributed by atoms with van der Waals surface area (Å²) in [4.78, 5) is 12.5. The average Bonchev–Trinajstić information content (AvgIpc) is 2.75. The largest absolute Gasteiger partial charge is 0.301 e. The molecule has 1 aliphatic heterocycles. The van der Waals surface area contributed by atoms with Crippen molar-refractivity contribution in [2.45, 2.75) is 65.1 Å². The van der Waals surface area contributed by atoms with Crippen LogP contribution in [0.15, 0.2) is 42.5 Å². The van der Waals surface area contributed by atoms with E-state index in [2.05, 4.69) is 78.2 Å². The summed E-state index contributed by atoms with van der Waals surface area (Å²) in [5.74, 6) is 0. The molecule has 0 amide bonds. The molecule has 1 aromatic carbocycles. The van der Waals surface area contributed by atoms with E-state index in [9.17, 15) is 0 Å². The summed E-state index contributed by atoms with van der Waals surface area (Å²) in [6.45, 7) is 9.58. The number of hydrogen-bond donors (Lipinski definition) is 0. The molecule has 170 valence electrons. The molecule has 0 N–H and O–H groups in total. The third-order valence-electron chi connectivity index (χ3n) is 6.32. The van der Waals surface area contributed by atoms with Crippen molar-refractivity contribution in [1.82, 2.24) is 19.7 Å². The zero-order chi connectivity index (χ0) is 21.9. The molecule has 0 atom stereocenters. The molecule has 4 heteroatoms. The van der Waals surface area contributed by atoms with Crippen molar-refractivity contribution >= 4 is 0 Å². The standard InChI is InChI=1S/C27H42N4/c1-24-13-15-25(16-14-24)21-30(3)19-20-31-18-9-7-5-4-6-8-17-29(2)22-26-11-10-12-27(23-31)28-26/h10-16H,4-9,17-23H2,1-3H3. The number of pyridine rings is 1. The molecule has 1 aliphatic rings. The van der Waals surface area contributed by atoms with E-state index >= 15 is 0 Å². The van der Waals surface area contributed by atoms with Gasteiger partial charge >= 0.3 is 0 Å². The second-order valence-electron chi connectivity index (χ2n) is 9.48. The van der Waals surface area contributed by atoms with Crippen LogP contribution >= 0.6 is 0 Å². The zero-order valence-electron chi connectivity index (χ0n) is 20.0. The minimum atomic E-state index is 0.952. The number of hydrogen-bond acceptors (Lipinski definition) is 4. The molecular weight excluding hydrogens is 380 g/mol. The molecular formula is C27H42N4. The first kappa shape index (κ1) is 23.9. The Hall–Kier alpha value is -1.75. The van der Waals surface area contributed by atoms with Gasteiger partial charge in [0.05, 0.1) is 11.4 Å². The van der Waals surface area contributed by atoms with Gasteiger partial charge in [-0.2, -0.15) is 0 Å². The Bertz CT molecular complexity index is 758. The van der Waals surface area contributed by atoms with E-state index < -0.39 is 0 Å². The van der Waals surface area contributed by atoms with Gasteiger partial charge in [0.2, 0.25) is 0 Å². The first-order valence-electron chi connectivity index (χ1n) is 12.2. The number of nitrogens with zero attached hydrogens (tertiary/aromatic N) is 4. The highest BCUT2D eigenvalue weighted by molar-refractivity contribution is 5.21. The number of likely N-dealkylation sites (N-methyl/N-ethyl adjacent to an activating group) is 1. The van der Waals surface area contributed by atoms with Crippen LogP contribution in [-0.2, 0) is 19.6 Å². The predicted molar refractivity (Wildman–Crippen MR) is 131 cm³/mol. The van der Waals surface area contributed by atoms with Crippen molar-refractivity contribution in [3.63, 3.8) is 0 Å². The molecule has 2 aromatic rings. The fourth-order valence-corrected chi connectivity index (χ4v) is 4.38. The summed E-state index contributed by atoms with van der Waals surface area (Å²) in [5, 5.41) is 0. The van der Waals surface area contributed by atoms with Crippen LogP contribution in [0.3, 0.4) is 0 Å². The van der Waals surface area contributed by atoms with E-state index in [0.29, 0.717) is 0 Å². The molecule has 4 nitrogen and oxygen atoms in total. The highest BCUT2D eigenvalue weighted by atomic mass is 15.2. The lowest BCUT2D eigenvalue weighted by molar-refractivity contribution is 0.209. The second kappa shape index (κ2) is 12.9. The number of rotatable bonds is 5. The van der Waals surface area contributed by atoms with Crippen molar-refractivity contribution in [2.75, 3.05) is 40.3 Å². The Balaban J connectivity index is 1.58. The third-order valence-corrected chi connectivity index (χ3v) is 6.32. The number of fused-ring (bicyclic) bond motifs is 2. The lowest BCUT2D eigenvalue weighted by Crippen LogP contribution is -2.33. The summed E-state index contributed by atoms with van der Waals surface area (Å²) >= 11 is 0. The smallest absolute Gasteiger partial charge is 0.0547 e. The van der Waals surface area contributed by atoms with Gasteiger partial charge in [0.1, 0.15) is 0 Å². The molecule has 0 saturated heterocycles. The van der Waals surface area contributed by atoms with Crippen LogP contribution in [0.4, 0.5) is 0 Å². The lowest BCUT2D eigenvalue weighted by Gasteiger charge is -2.26. The van der Waals surface area contributed by atoms with Gasteiger partial charge in [-0.3, -0.25) is 9.88 Å². The molecule has 0 unspecified atom stereocenters. The van der Waals surface area contributed by atoms with E-state index in [0.717, 1.165) is 32.7 Å². The van der Waals surface area contributed by atoms with Gasteiger partial charge in [-0.15, -0.1) is 0 Å². The zero-order valence-corrected chi connectivity index (χ0v) is 20.0. The van der Waals surface area contributed by atoms with Gasteiger partial charge in [-0.05, 0) is 64.6 Å². The maximum atomic E-state index is 4.99. The number of benzene rings is 1. The van der Waals surface area contributed by atoms with Crippen molar-refractivity contribution < 1.29 is 0 Å². The maximum absolute atomic E-state index is 4.99. The number of aromatic nitrogens is 1. The van der Waals surface area contributed by atoms with Crippen LogP contribution < -0.4 is 0 Å². The van der Waals surface area contributed by atoms with E-state index in [1.807, 2.05) is 0 Å². The summed E-state index contributed by atoms with van der Waals surface area (Å²) in [7, 11) is 4.46. The van der Waals surface area contributed by atoms with Crippen LogP contribution in [0.2, 0.25) is 0 Å². The van der Waals surface area contributed by atoms with Gasteiger partial charge in [-0.25, -0.2) is 0 Å². The molecule has 2 bridgehead atoms. The van der Waals surface area contributed by atoms with Gasteiger partial charge < -0.3 is 9.80 Å². The van der Waals surface area contributed by atoms with Crippen LogP contribution in [0.1, 0.15) is 61.0 Å². The Kier molecular flexibility index (Phi) is 9.98. The fraction of sp³-hybridized carbons (Fsp3) is 0.593. The predicted octanol–water partition coefficient (Wildman–Crippen LogP) is 5.11. The van der Waals surface area contributed by atoms with Crippen molar-refractivity contribution in [3.8, 4) is 0 Å². The van der Waals surface area contributed by atoms with E-state index in [4.69, 9.17) is 4.98 Å². The molecule has 3 rings (SSSR count). The van der Waals surface area contributed by atoms with Crippen LogP contribution in [0.5, 0.6) is 0 Å². The summed E-state index contributed by atoms with van der Waals surface area (Å²) in [6, 6.07) is 15.5. The van der Waals surface area contributed by atoms with E-state index in [1.165, 1.54) is 74.1 Å². The molecule has 1 aromatic heterocycles. The summed E-state index contributed by atoms with van der Waals surface area (Å²) in [5.41, 5.74) is 5.13. The average molecular weight is 423 g/mol. The van der Waals surface area contributed by atoms with Crippen molar-refractivity contribution in [1.29, 1.82) is 0 Å². The SMILES string of the molecule is Cc1ccc(CN(C)CCN2CCCCCCCCN(C)Cc3cccc(n3)C2)cc1. The maximum Gasteiger partial charge on any atom is 0.0547 e. The quantitative estimate of drug-likeness (QED) is 0.668. The van der Waals surface area contributed by atoms with Gasteiger partial charge in [0, 0.05) is 32.7 Å². The highest BCUT2D eigenvalue weighted by Crippen LogP contribution is 2.12. The van der Waals surface area contributed by atoms with Crippen molar-refractivity contribution in [3.05, 3.63) is 65.0 Å². The topological polar surface area (TPSA) is 22.6 Å². The summed E-state index contributed by atoms with van der Waals surface area (Å²) < 4.78 is 0. The third kappa shape index (κ3) is 9.10. The first-order valence-corrected chi connectivity index (χ1v) is 12.2. The van der Waals surface area contributed by atoms with Crippen molar-refractivity contribution in [2.24, 2.45) is 0 Å². The first-order chi connectivity index (χ1) is 15.1. The lowest BCUT2D eigenvalue weighted by atomic mass is 10.1. The van der Waals surface area contributed by atoms with Crippen LogP contribution in [-0.4, -0.2) is 60.0 Å². The Labute approximate surface area is 190 Å². The second-order valence-corrected chi connectivity index (χ2v) is 9.48. The van der Waals surface area contributed by atoms with Gasteiger partial charge in [-0.1, -0.05) is 61.6 Å². The Morgan fingerprint density at radius 1 is 0.839 bits per heavy atom. The Morgan fingerprint density at radius 3 is 2.23 bits per heavy atom. The molecule has 0 fully saturated rings. The van der Waals surface area contributed by atoms with Crippen LogP contribution in [0.25, 0.3) is 0 Å². The molecule has 2 heterocycles. The number of aryl methyl sites for hydroxylation is 1. The monoisotopic (exact) mass is 422 g/mol. The minimum absolute atomic E-state index is 0.952. The molecule has 0 saturated carbocycles. The molecule has 0 radical (unpaired) electrons. The minimum Gasteiger partial charge on any atom is -0.301 e. The highest BCUT2D eigenvalue weighted by Gasteiger charge is 2.11. The van der Waals surface area contributed by atoms with E-state index in [1.54, 1.807) is 0 Å². The van der Waals surface area contributed by atoms with Crippen LogP contribution in [0, 0.1) is 6.92 Å².